The molecule has 438 valence electrons. The summed E-state index contributed by atoms with van der Waals surface area (Å²) < 4.78 is 6.83. The molecule has 2 aliphatic heterocycles. The first-order valence-electron chi connectivity index (χ1n) is 28.0. The second kappa shape index (κ2) is 29.0. The van der Waals surface area contributed by atoms with Gasteiger partial charge < -0.3 is 50.3 Å². The lowest BCUT2D eigenvalue weighted by Gasteiger charge is -2.39. The van der Waals surface area contributed by atoms with Gasteiger partial charge in [0.15, 0.2) is 12.1 Å². The molecule has 4 rings (SSSR count). The minimum atomic E-state index is -1.97. The predicted molar refractivity (Wildman–Crippen MR) is 304 cm³/mol. The zero-order chi connectivity index (χ0) is 59.4. The lowest BCUT2D eigenvalue weighted by molar-refractivity contribution is -0.177. The third-order valence-electron chi connectivity index (χ3n) is 16.1. The molecule has 2 fully saturated rings. The topological polar surface area (TPSA) is 235 Å². The van der Waals surface area contributed by atoms with Crippen LogP contribution in [-0.4, -0.2) is 178 Å². The molecule has 0 aromatic heterocycles. The van der Waals surface area contributed by atoms with Crippen LogP contribution < -0.4 is 16.0 Å². The number of amides is 8. The predicted octanol–water partition coefficient (Wildman–Crippen LogP) is 4.89. The van der Waals surface area contributed by atoms with Crippen LogP contribution >= 0.6 is 15.9 Å². The molecule has 2 aromatic rings. The van der Waals surface area contributed by atoms with Crippen molar-refractivity contribution in [3.8, 4) is 0 Å². The zero-order valence-corrected chi connectivity index (χ0v) is 50.8. The van der Waals surface area contributed by atoms with Crippen LogP contribution in [-0.2, 0) is 60.7 Å². The molecule has 9 unspecified atom stereocenters. The van der Waals surface area contributed by atoms with E-state index >= 15 is 19.2 Å². The third kappa shape index (κ3) is 16.6. The number of hydrogen-bond acceptors (Lipinski definition) is 11. The second-order valence-electron chi connectivity index (χ2n) is 23.0. The van der Waals surface area contributed by atoms with E-state index in [1.807, 2.05) is 70.2 Å². The molecule has 20 heteroatoms. The number of likely N-dealkylation sites (N-methyl/N-ethyl adjacent to an activating group) is 4. The minimum absolute atomic E-state index is 0.0118. The molecule has 0 radical (unpaired) electrons. The van der Waals surface area contributed by atoms with Gasteiger partial charge in [0.05, 0.1) is 5.60 Å². The minimum Gasteiger partial charge on any atom is -0.450 e. The zero-order valence-electron chi connectivity index (χ0n) is 49.2. The first-order valence-corrected chi connectivity index (χ1v) is 28.8. The molecule has 2 aromatic carbocycles. The molecule has 4 N–H and O–H groups in total. The molecular formula is C59H89BrN8O11. The van der Waals surface area contributed by atoms with E-state index in [2.05, 4.69) is 31.9 Å². The molecule has 2 heterocycles. The molecule has 12 atom stereocenters. The Kier molecular flexibility index (Phi) is 24.1. The van der Waals surface area contributed by atoms with Crippen molar-refractivity contribution in [2.24, 2.45) is 23.7 Å². The SMILES string of the molecule is CCC(C)C1NC(=O)C2CCCN2C(=O)C(Cc2cccc(Br)c2)N(C)C(=O)C(Cc2ccccc2)NC(=O)C([C@@H](C)CC)N(C)C(=O)C([C@H](C)CC)OC(=O)C(C(C)(C)O)N(C)C(=O)C(CC(C)C)NC(=O)[C@H](C)N(C)C1=O. The summed E-state index contributed by atoms with van der Waals surface area (Å²) in [6.07, 6.45) is 0.454. The maximum atomic E-state index is 15.4. The van der Waals surface area contributed by atoms with E-state index in [0.29, 0.717) is 36.8 Å². The smallest absolute Gasteiger partial charge is 0.332 e. The number of carbonyl (C=O) groups excluding carboxylic acids is 9. The number of nitrogens with one attached hydrogen (secondary N) is 3. The fourth-order valence-electron chi connectivity index (χ4n) is 10.5. The van der Waals surface area contributed by atoms with E-state index in [1.165, 1.54) is 68.6 Å². The number of rotatable bonds is 13. The lowest BCUT2D eigenvalue weighted by atomic mass is 9.93. The Hall–Kier alpha value is -5.89. The van der Waals surface area contributed by atoms with Gasteiger partial charge in [-0.25, -0.2) is 4.79 Å². The largest absolute Gasteiger partial charge is 0.450 e. The Labute approximate surface area is 476 Å². The number of carbonyl (C=O) groups is 9. The average Bonchev–Trinajstić information content (AvgIpc) is 3.93. The Morgan fingerprint density at radius 3 is 1.80 bits per heavy atom. The average molecular weight is 1170 g/mol. The van der Waals surface area contributed by atoms with Crippen LogP contribution in [0.5, 0.6) is 0 Å². The van der Waals surface area contributed by atoms with Gasteiger partial charge in [0.1, 0.15) is 42.3 Å². The van der Waals surface area contributed by atoms with Gasteiger partial charge in [-0.1, -0.05) is 127 Å². The number of esters is 1. The molecule has 2 saturated heterocycles. The van der Waals surface area contributed by atoms with Crippen molar-refractivity contribution in [3.05, 3.63) is 70.2 Å². The number of fused-ring (bicyclic) bond motifs is 1. The highest BCUT2D eigenvalue weighted by molar-refractivity contribution is 9.10. The summed E-state index contributed by atoms with van der Waals surface area (Å²) in [6, 6.07) is 6.23. The van der Waals surface area contributed by atoms with E-state index in [0.717, 1.165) is 9.37 Å². The quantitative estimate of drug-likeness (QED) is 0.197. The standard InChI is InChI=1S/C59H89BrN8O11/c1-16-35(6)46-56(75)64(12)38(9)50(69)61-42(30-34(4)5)54(73)67(15)49(59(10,11)78)58(77)79-48(37(8)18-3)57(76)66(14)47(36(7)17-2)52(71)62-43(32-39-24-20-19-21-25-39)53(72)65(13)45(33-40-26-22-27-41(60)31-40)55(74)68-29-23-28-44(68)51(70)63-46/h19-22,24-27,31,34-38,42-49,78H,16-18,23,28-30,32-33H2,1-15H3,(H,61,69)(H,62,71)(H,63,70)/t35?,36-,37+,38-,42?,43?,44?,45?,46?,47?,48?,49?/m0/s1. The summed E-state index contributed by atoms with van der Waals surface area (Å²) in [5.41, 5.74) is -0.581. The van der Waals surface area contributed by atoms with E-state index in [9.17, 15) is 29.1 Å². The fraction of sp³-hybridized carbons (Fsp3) is 0.644. The van der Waals surface area contributed by atoms with E-state index in [-0.39, 0.29) is 38.1 Å². The van der Waals surface area contributed by atoms with Crippen molar-refractivity contribution in [2.75, 3.05) is 34.7 Å². The maximum Gasteiger partial charge on any atom is 0.332 e. The number of aliphatic hydroxyl groups is 1. The van der Waals surface area contributed by atoms with Gasteiger partial charge in [-0.2, -0.15) is 0 Å². The van der Waals surface area contributed by atoms with Crippen LogP contribution in [0, 0.1) is 23.7 Å². The summed E-state index contributed by atoms with van der Waals surface area (Å²) >= 11 is 3.53. The summed E-state index contributed by atoms with van der Waals surface area (Å²) in [6.45, 7) is 18.7. The Bertz CT molecular complexity index is 2470. The summed E-state index contributed by atoms with van der Waals surface area (Å²) in [5.74, 6) is -8.14. The van der Waals surface area contributed by atoms with Crippen LogP contribution in [0.25, 0.3) is 0 Å². The highest BCUT2D eigenvalue weighted by Crippen LogP contribution is 2.28. The van der Waals surface area contributed by atoms with Crippen LogP contribution in [0.1, 0.15) is 126 Å². The van der Waals surface area contributed by atoms with Crippen molar-refractivity contribution >= 4 is 69.2 Å². The number of hydrogen-bond donors (Lipinski definition) is 4. The summed E-state index contributed by atoms with van der Waals surface area (Å²) in [5, 5.41) is 20.4. The van der Waals surface area contributed by atoms with Crippen molar-refractivity contribution < 1.29 is 53.0 Å². The van der Waals surface area contributed by atoms with Crippen molar-refractivity contribution in [1.29, 1.82) is 0 Å². The van der Waals surface area contributed by atoms with Gasteiger partial charge in [-0.3, -0.25) is 38.4 Å². The number of halogens is 1. The third-order valence-corrected chi connectivity index (χ3v) is 16.5. The van der Waals surface area contributed by atoms with Crippen LogP contribution in [0.4, 0.5) is 0 Å². The fourth-order valence-corrected chi connectivity index (χ4v) is 10.9. The second-order valence-corrected chi connectivity index (χ2v) is 23.9. The van der Waals surface area contributed by atoms with Gasteiger partial charge in [-0.15, -0.1) is 0 Å². The lowest BCUT2D eigenvalue weighted by Crippen LogP contribution is -2.62. The molecule has 8 amide bonds. The number of cyclic esters (lactones) is 1. The van der Waals surface area contributed by atoms with Crippen molar-refractivity contribution in [2.45, 2.75) is 188 Å². The molecule has 0 bridgehead atoms. The van der Waals surface area contributed by atoms with E-state index in [4.69, 9.17) is 4.74 Å². The molecule has 2 aliphatic rings. The normalized spacial score (nSPS) is 26.8. The molecule has 0 aliphatic carbocycles. The highest BCUT2D eigenvalue weighted by Gasteiger charge is 2.48. The maximum absolute atomic E-state index is 15.4. The first-order chi connectivity index (χ1) is 37.0. The summed E-state index contributed by atoms with van der Waals surface area (Å²) in [4.78, 5) is 140. The number of ether oxygens (including phenoxy) is 1. The first kappa shape index (κ1) is 65.6. The van der Waals surface area contributed by atoms with Gasteiger partial charge in [0.25, 0.3) is 5.91 Å². The van der Waals surface area contributed by atoms with Gasteiger partial charge in [0.2, 0.25) is 41.4 Å². The molecule has 79 heavy (non-hydrogen) atoms. The molecule has 0 spiro atoms. The Morgan fingerprint density at radius 2 is 1.23 bits per heavy atom. The Balaban J connectivity index is 1.97. The molecular weight excluding hydrogens is 1080 g/mol. The van der Waals surface area contributed by atoms with Crippen LogP contribution in [0.15, 0.2) is 59.1 Å². The van der Waals surface area contributed by atoms with E-state index < -0.39 is 131 Å². The Morgan fingerprint density at radius 1 is 0.646 bits per heavy atom. The molecule has 19 nitrogen and oxygen atoms in total. The molecule has 0 saturated carbocycles. The highest BCUT2D eigenvalue weighted by atomic mass is 79.9. The van der Waals surface area contributed by atoms with Crippen molar-refractivity contribution in [3.63, 3.8) is 0 Å². The number of nitrogens with zero attached hydrogens (tertiary/aromatic N) is 5. The van der Waals surface area contributed by atoms with Gasteiger partial charge >= 0.3 is 5.97 Å². The monoisotopic (exact) mass is 1160 g/mol. The van der Waals surface area contributed by atoms with Crippen LogP contribution in [0.3, 0.4) is 0 Å². The van der Waals surface area contributed by atoms with Crippen LogP contribution in [0.2, 0.25) is 0 Å². The number of benzene rings is 2. The van der Waals surface area contributed by atoms with Gasteiger partial charge in [0, 0.05) is 58.0 Å². The van der Waals surface area contributed by atoms with Gasteiger partial charge in [-0.05, 0) is 87.5 Å². The van der Waals surface area contributed by atoms with E-state index in [1.54, 1.807) is 39.8 Å². The summed E-state index contributed by atoms with van der Waals surface area (Å²) in [7, 11) is 5.63. The van der Waals surface area contributed by atoms with Crippen molar-refractivity contribution in [1.82, 2.24) is 40.4 Å².